The van der Waals surface area contributed by atoms with Gasteiger partial charge in [-0.05, 0) is 18.6 Å². The van der Waals surface area contributed by atoms with E-state index in [0.717, 1.165) is 11.3 Å². The quantitative estimate of drug-likeness (QED) is 0.657. The number of aryl methyl sites for hydroxylation is 1. The fourth-order valence-corrected chi connectivity index (χ4v) is 2.12. The molecule has 102 valence electrons. The Balaban J connectivity index is 2.05. The summed E-state index contributed by atoms with van der Waals surface area (Å²) in [6.07, 6.45) is 0. The first-order valence-electron chi connectivity index (χ1n) is 6.19. The topological polar surface area (TPSA) is 101 Å². The molecule has 0 atom stereocenters. The summed E-state index contributed by atoms with van der Waals surface area (Å²) in [4.78, 5) is 15.9. The van der Waals surface area contributed by atoms with Crippen molar-refractivity contribution >= 4 is 17.2 Å². The molecule has 20 heavy (non-hydrogen) atoms. The minimum atomic E-state index is -0.293. The number of benzene rings is 1. The molecule has 7 heteroatoms. The lowest BCUT2D eigenvalue weighted by Crippen LogP contribution is -2.13. The van der Waals surface area contributed by atoms with Crippen molar-refractivity contribution in [2.45, 2.75) is 13.5 Å². The van der Waals surface area contributed by atoms with Crippen molar-refractivity contribution in [3.05, 3.63) is 52.2 Å². The molecule has 0 saturated heterocycles. The molecule has 0 aliphatic rings. The number of rotatable bonds is 3. The van der Waals surface area contributed by atoms with Crippen LogP contribution >= 0.6 is 0 Å². The Morgan fingerprint density at radius 2 is 2.20 bits per heavy atom. The molecule has 0 aliphatic heterocycles. The summed E-state index contributed by atoms with van der Waals surface area (Å²) in [6, 6.07) is 9.44. The predicted octanol–water partition coefficient (Wildman–Crippen LogP) is 0.928. The zero-order valence-electron chi connectivity index (χ0n) is 10.9. The molecule has 0 saturated carbocycles. The molecule has 3 rings (SSSR count). The second-order valence-corrected chi connectivity index (χ2v) is 4.40. The number of aromatic nitrogens is 4. The molecule has 3 aromatic rings. The highest BCUT2D eigenvalue weighted by Crippen LogP contribution is 2.19. The number of nitrogens with zero attached hydrogens (tertiary/aromatic N) is 3. The summed E-state index contributed by atoms with van der Waals surface area (Å²) in [6.45, 7) is 2.19. The van der Waals surface area contributed by atoms with E-state index >= 15 is 0 Å². The maximum absolute atomic E-state index is 11.5. The summed E-state index contributed by atoms with van der Waals surface area (Å²) in [7, 11) is 0. The Hall–Kier alpha value is -2.67. The number of nitrogens with two attached hydrogens (primary N) is 1. The first kappa shape index (κ1) is 12.4. The van der Waals surface area contributed by atoms with Crippen LogP contribution in [0.2, 0.25) is 0 Å². The van der Waals surface area contributed by atoms with Crippen LogP contribution in [0.5, 0.6) is 0 Å². The first-order chi connectivity index (χ1) is 9.69. The zero-order valence-corrected chi connectivity index (χ0v) is 10.9. The Kier molecular flexibility index (Phi) is 2.96. The molecule has 7 nitrogen and oxygen atoms in total. The van der Waals surface area contributed by atoms with Crippen LogP contribution in [-0.2, 0) is 6.54 Å². The van der Waals surface area contributed by atoms with Crippen LogP contribution in [0.25, 0.3) is 5.65 Å². The van der Waals surface area contributed by atoms with Gasteiger partial charge in [0.15, 0.2) is 5.65 Å². The molecule has 0 spiro atoms. The molecule has 2 aromatic heterocycles. The highest BCUT2D eigenvalue weighted by Gasteiger charge is 2.08. The average Bonchev–Trinajstić information content (AvgIpc) is 2.81. The Morgan fingerprint density at radius 1 is 1.40 bits per heavy atom. The molecule has 4 N–H and O–H groups in total. The molecular weight excluding hydrogens is 256 g/mol. The van der Waals surface area contributed by atoms with Gasteiger partial charge in [-0.3, -0.25) is 0 Å². The maximum atomic E-state index is 11.5. The van der Waals surface area contributed by atoms with E-state index in [1.165, 1.54) is 4.40 Å². The number of aromatic amines is 1. The molecule has 1 aromatic carbocycles. The first-order valence-corrected chi connectivity index (χ1v) is 6.19. The van der Waals surface area contributed by atoms with Gasteiger partial charge < -0.3 is 11.1 Å². The SMILES string of the molecule is Cc1nc(Nc2ccccc2CN)cc2n[nH]c(=O)n12. The van der Waals surface area contributed by atoms with Gasteiger partial charge in [-0.2, -0.15) is 5.10 Å². The molecule has 0 radical (unpaired) electrons. The van der Waals surface area contributed by atoms with Crippen LogP contribution in [0, 0.1) is 6.92 Å². The van der Waals surface area contributed by atoms with E-state index in [4.69, 9.17) is 5.73 Å². The minimum Gasteiger partial charge on any atom is -0.340 e. The molecule has 2 heterocycles. The van der Waals surface area contributed by atoms with Crippen molar-refractivity contribution in [3.63, 3.8) is 0 Å². The highest BCUT2D eigenvalue weighted by atomic mass is 16.1. The standard InChI is InChI=1S/C13H14N6O/c1-8-15-11(6-12-17-18-13(20)19(8)12)16-10-5-3-2-4-9(10)7-14/h2-6,16H,7,14H2,1H3,(H,18,20). The second kappa shape index (κ2) is 4.78. The van der Waals surface area contributed by atoms with Gasteiger partial charge in [-0.1, -0.05) is 18.2 Å². The lowest BCUT2D eigenvalue weighted by Gasteiger charge is -2.10. The Labute approximate surface area is 114 Å². The monoisotopic (exact) mass is 270 g/mol. The smallest absolute Gasteiger partial charge is 0.340 e. The lowest BCUT2D eigenvalue weighted by atomic mass is 10.2. The van der Waals surface area contributed by atoms with Crippen LogP contribution in [0.15, 0.2) is 35.1 Å². The van der Waals surface area contributed by atoms with Crippen LogP contribution < -0.4 is 16.7 Å². The number of fused-ring (bicyclic) bond motifs is 1. The summed E-state index contributed by atoms with van der Waals surface area (Å²) in [5.74, 6) is 1.18. The van der Waals surface area contributed by atoms with Gasteiger partial charge in [0.2, 0.25) is 0 Å². The van der Waals surface area contributed by atoms with Crippen LogP contribution in [-0.4, -0.2) is 19.6 Å². The van der Waals surface area contributed by atoms with Gasteiger partial charge >= 0.3 is 5.69 Å². The molecule has 0 amide bonds. The fraction of sp³-hybridized carbons (Fsp3) is 0.154. The van der Waals surface area contributed by atoms with Crippen LogP contribution in [0.3, 0.4) is 0 Å². The summed E-state index contributed by atoms with van der Waals surface area (Å²) in [5.41, 5.74) is 7.82. The van der Waals surface area contributed by atoms with E-state index in [1.807, 2.05) is 24.3 Å². The van der Waals surface area contributed by atoms with Gasteiger partial charge in [0.05, 0.1) is 0 Å². The predicted molar refractivity (Wildman–Crippen MR) is 76.0 cm³/mol. The van der Waals surface area contributed by atoms with Gasteiger partial charge in [0.25, 0.3) is 0 Å². The highest BCUT2D eigenvalue weighted by molar-refractivity contribution is 5.63. The minimum absolute atomic E-state index is 0.293. The van der Waals surface area contributed by atoms with Crippen molar-refractivity contribution in [1.82, 2.24) is 19.6 Å². The van der Waals surface area contributed by atoms with Crippen molar-refractivity contribution in [2.24, 2.45) is 5.73 Å². The van der Waals surface area contributed by atoms with Crippen molar-refractivity contribution in [3.8, 4) is 0 Å². The van der Waals surface area contributed by atoms with E-state index in [-0.39, 0.29) is 5.69 Å². The fourth-order valence-electron chi connectivity index (χ4n) is 2.12. The summed E-state index contributed by atoms with van der Waals surface area (Å²) >= 11 is 0. The second-order valence-electron chi connectivity index (χ2n) is 4.40. The molecule has 0 aliphatic carbocycles. The Morgan fingerprint density at radius 3 is 3.00 bits per heavy atom. The number of hydrogen-bond acceptors (Lipinski definition) is 5. The van der Waals surface area contributed by atoms with Gasteiger partial charge in [0.1, 0.15) is 11.6 Å². The van der Waals surface area contributed by atoms with Gasteiger partial charge in [-0.15, -0.1) is 0 Å². The molecular formula is C13H14N6O. The number of H-pyrrole nitrogens is 1. The van der Waals surface area contributed by atoms with Gasteiger partial charge in [-0.25, -0.2) is 19.3 Å². The van der Waals surface area contributed by atoms with E-state index in [2.05, 4.69) is 20.5 Å². The average molecular weight is 270 g/mol. The molecule has 0 fully saturated rings. The third-order valence-corrected chi connectivity index (χ3v) is 3.07. The zero-order chi connectivity index (χ0) is 14.1. The van der Waals surface area contributed by atoms with Gasteiger partial charge in [0, 0.05) is 18.3 Å². The molecule has 0 bridgehead atoms. The van der Waals surface area contributed by atoms with E-state index < -0.39 is 0 Å². The third-order valence-electron chi connectivity index (χ3n) is 3.07. The lowest BCUT2D eigenvalue weighted by molar-refractivity contribution is 0.938. The normalized spacial score (nSPS) is 10.9. The number of hydrogen-bond donors (Lipinski definition) is 3. The number of anilines is 2. The van der Waals surface area contributed by atoms with Crippen molar-refractivity contribution < 1.29 is 0 Å². The van der Waals surface area contributed by atoms with E-state index in [0.29, 0.717) is 23.8 Å². The number of nitrogens with one attached hydrogen (secondary N) is 2. The maximum Gasteiger partial charge on any atom is 0.349 e. The van der Waals surface area contributed by atoms with E-state index in [9.17, 15) is 4.79 Å². The van der Waals surface area contributed by atoms with Crippen LogP contribution in [0.4, 0.5) is 11.5 Å². The largest absolute Gasteiger partial charge is 0.349 e. The van der Waals surface area contributed by atoms with E-state index in [1.54, 1.807) is 13.0 Å². The van der Waals surface area contributed by atoms with Crippen molar-refractivity contribution in [2.75, 3.05) is 5.32 Å². The Bertz CT molecular complexity index is 819. The van der Waals surface area contributed by atoms with Crippen molar-refractivity contribution in [1.29, 1.82) is 0 Å². The number of para-hydroxylation sites is 1. The third kappa shape index (κ3) is 2.04. The summed E-state index contributed by atoms with van der Waals surface area (Å²) < 4.78 is 1.42. The van der Waals surface area contributed by atoms with Crippen LogP contribution in [0.1, 0.15) is 11.4 Å². The summed E-state index contributed by atoms with van der Waals surface area (Å²) in [5, 5.41) is 9.55. The molecule has 0 unspecified atom stereocenters.